The number of hydrogen-bond acceptors (Lipinski definition) is 2. The molecule has 3 heteroatoms. The minimum absolute atomic E-state index is 0.0363. The Bertz CT molecular complexity index is 660. The first-order valence-corrected chi connectivity index (χ1v) is 9.95. The number of carbonyl (C=O) groups excluding carboxylic acids is 1. The second kappa shape index (κ2) is 10.1. The van der Waals surface area contributed by atoms with Crippen LogP contribution >= 0.6 is 0 Å². The van der Waals surface area contributed by atoms with Crippen LogP contribution in [0, 0.1) is 0 Å². The van der Waals surface area contributed by atoms with Crippen LogP contribution in [0.15, 0.2) is 54.6 Å². The number of rotatable bonds is 8. The molecule has 0 atom stereocenters. The van der Waals surface area contributed by atoms with Gasteiger partial charge in [0.25, 0.3) is 5.91 Å². The normalized spacial score (nSPS) is 14.9. The van der Waals surface area contributed by atoms with Gasteiger partial charge >= 0.3 is 0 Å². The number of carbonyl (C=O) groups is 1. The molecule has 0 saturated carbocycles. The monoisotopic (exact) mass is 350 g/mol. The van der Waals surface area contributed by atoms with Gasteiger partial charge in [-0.3, -0.25) is 9.69 Å². The van der Waals surface area contributed by atoms with Crippen LogP contribution in [0.4, 0.5) is 0 Å². The van der Waals surface area contributed by atoms with Gasteiger partial charge in [0, 0.05) is 18.7 Å². The highest BCUT2D eigenvalue weighted by atomic mass is 16.1. The zero-order chi connectivity index (χ0) is 18.0. The van der Waals surface area contributed by atoms with E-state index in [-0.39, 0.29) is 5.91 Å². The Morgan fingerprint density at radius 3 is 2.31 bits per heavy atom. The second-order valence-corrected chi connectivity index (χ2v) is 7.23. The lowest BCUT2D eigenvalue weighted by molar-refractivity contribution is 0.0953. The minimum Gasteiger partial charge on any atom is -0.352 e. The molecule has 1 fully saturated rings. The molecule has 1 amide bonds. The summed E-state index contributed by atoms with van der Waals surface area (Å²) in [6.45, 7) is 4.14. The summed E-state index contributed by atoms with van der Waals surface area (Å²) in [6, 6.07) is 18.6. The van der Waals surface area contributed by atoms with Gasteiger partial charge in [-0.05, 0) is 68.5 Å². The number of piperidine rings is 1. The number of aryl methyl sites for hydroxylation is 1. The van der Waals surface area contributed by atoms with Crippen LogP contribution in [-0.4, -0.2) is 30.4 Å². The van der Waals surface area contributed by atoms with E-state index in [1.807, 2.05) is 18.2 Å². The lowest BCUT2D eigenvalue weighted by Gasteiger charge is -2.26. The maximum Gasteiger partial charge on any atom is 0.251 e. The van der Waals surface area contributed by atoms with E-state index >= 15 is 0 Å². The molecule has 1 heterocycles. The van der Waals surface area contributed by atoms with Crippen molar-refractivity contribution in [1.82, 2.24) is 10.2 Å². The number of nitrogens with one attached hydrogen (secondary N) is 1. The zero-order valence-electron chi connectivity index (χ0n) is 15.6. The highest BCUT2D eigenvalue weighted by molar-refractivity contribution is 5.94. The topological polar surface area (TPSA) is 32.3 Å². The average Bonchev–Trinajstić information content (AvgIpc) is 2.70. The Hall–Kier alpha value is -2.13. The molecular formula is C23H30N2O. The Labute approximate surface area is 157 Å². The van der Waals surface area contributed by atoms with E-state index in [0.29, 0.717) is 0 Å². The molecule has 1 N–H and O–H groups in total. The summed E-state index contributed by atoms with van der Waals surface area (Å²) >= 11 is 0. The highest BCUT2D eigenvalue weighted by Crippen LogP contribution is 2.13. The third-order valence-corrected chi connectivity index (χ3v) is 5.09. The van der Waals surface area contributed by atoms with Crippen LogP contribution in [-0.2, 0) is 13.0 Å². The fraction of sp³-hybridized carbons (Fsp3) is 0.435. The summed E-state index contributed by atoms with van der Waals surface area (Å²) in [7, 11) is 0. The van der Waals surface area contributed by atoms with Crippen LogP contribution in [0.2, 0.25) is 0 Å². The molecule has 0 bridgehead atoms. The van der Waals surface area contributed by atoms with Crippen molar-refractivity contribution in [1.29, 1.82) is 0 Å². The summed E-state index contributed by atoms with van der Waals surface area (Å²) < 4.78 is 0. The summed E-state index contributed by atoms with van der Waals surface area (Å²) in [4.78, 5) is 14.8. The van der Waals surface area contributed by atoms with Crippen LogP contribution in [0.1, 0.15) is 53.6 Å². The van der Waals surface area contributed by atoms with E-state index in [0.717, 1.165) is 37.9 Å². The van der Waals surface area contributed by atoms with Crippen molar-refractivity contribution < 1.29 is 4.79 Å². The molecular weight excluding hydrogens is 320 g/mol. The van der Waals surface area contributed by atoms with Gasteiger partial charge in [-0.25, -0.2) is 0 Å². The summed E-state index contributed by atoms with van der Waals surface area (Å²) in [5.74, 6) is 0.0363. The SMILES string of the molecule is O=C(NCCCCc1ccccc1)c1ccc(CN2CCCCC2)cc1. The van der Waals surface area contributed by atoms with Gasteiger partial charge in [-0.2, -0.15) is 0 Å². The lowest BCUT2D eigenvalue weighted by atomic mass is 10.1. The molecule has 0 aromatic heterocycles. The van der Waals surface area contributed by atoms with E-state index in [1.54, 1.807) is 0 Å². The quantitative estimate of drug-likeness (QED) is 0.715. The smallest absolute Gasteiger partial charge is 0.251 e. The number of benzene rings is 2. The predicted molar refractivity (Wildman–Crippen MR) is 107 cm³/mol. The zero-order valence-corrected chi connectivity index (χ0v) is 15.6. The largest absolute Gasteiger partial charge is 0.352 e. The average molecular weight is 351 g/mol. The van der Waals surface area contributed by atoms with Crippen molar-refractivity contribution in [2.24, 2.45) is 0 Å². The molecule has 1 aliphatic heterocycles. The maximum absolute atomic E-state index is 12.3. The first-order chi connectivity index (χ1) is 12.8. The number of nitrogens with zero attached hydrogens (tertiary/aromatic N) is 1. The van der Waals surface area contributed by atoms with Gasteiger partial charge < -0.3 is 5.32 Å². The Morgan fingerprint density at radius 1 is 0.846 bits per heavy atom. The highest BCUT2D eigenvalue weighted by Gasteiger charge is 2.11. The third kappa shape index (κ3) is 5.99. The fourth-order valence-corrected chi connectivity index (χ4v) is 3.54. The van der Waals surface area contributed by atoms with Gasteiger partial charge in [0.2, 0.25) is 0 Å². The molecule has 2 aromatic carbocycles. The van der Waals surface area contributed by atoms with Crippen molar-refractivity contribution in [3.63, 3.8) is 0 Å². The van der Waals surface area contributed by atoms with Gasteiger partial charge in [0.05, 0.1) is 0 Å². The van der Waals surface area contributed by atoms with Gasteiger partial charge in [0.1, 0.15) is 0 Å². The Kier molecular flexibility index (Phi) is 7.26. The summed E-state index contributed by atoms with van der Waals surface area (Å²) in [5.41, 5.74) is 3.42. The second-order valence-electron chi connectivity index (χ2n) is 7.23. The minimum atomic E-state index is 0.0363. The molecule has 0 unspecified atom stereocenters. The molecule has 26 heavy (non-hydrogen) atoms. The molecule has 0 aliphatic carbocycles. The molecule has 1 saturated heterocycles. The number of amides is 1. The Balaban J connectivity index is 1.36. The third-order valence-electron chi connectivity index (χ3n) is 5.09. The molecule has 3 nitrogen and oxygen atoms in total. The standard InChI is InChI=1S/C23H30N2O/c26-23(24-16-6-5-11-20-9-3-1-4-10-20)22-14-12-21(13-15-22)19-25-17-7-2-8-18-25/h1,3-4,9-10,12-15H,2,5-8,11,16-19H2,(H,24,26). The van der Waals surface area contributed by atoms with E-state index < -0.39 is 0 Å². The van der Waals surface area contributed by atoms with Gasteiger partial charge in [-0.15, -0.1) is 0 Å². The number of unbranched alkanes of at least 4 members (excludes halogenated alkanes) is 1. The number of hydrogen-bond donors (Lipinski definition) is 1. The van der Waals surface area contributed by atoms with Gasteiger partial charge in [-0.1, -0.05) is 48.9 Å². The van der Waals surface area contributed by atoms with E-state index in [2.05, 4.69) is 46.6 Å². The molecule has 0 radical (unpaired) electrons. The molecule has 0 spiro atoms. The summed E-state index contributed by atoms with van der Waals surface area (Å²) in [5, 5.41) is 3.04. The molecule has 138 valence electrons. The first kappa shape index (κ1) is 18.7. The van der Waals surface area contributed by atoms with Crippen LogP contribution in [0.25, 0.3) is 0 Å². The predicted octanol–water partition coefficient (Wildman–Crippen LogP) is 4.43. The molecule has 3 rings (SSSR count). The van der Waals surface area contributed by atoms with E-state index in [9.17, 15) is 4.79 Å². The van der Waals surface area contributed by atoms with E-state index in [4.69, 9.17) is 0 Å². The Morgan fingerprint density at radius 2 is 1.58 bits per heavy atom. The van der Waals surface area contributed by atoms with Crippen molar-refractivity contribution in [2.45, 2.75) is 45.1 Å². The molecule has 2 aromatic rings. The molecule has 1 aliphatic rings. The van der Waals surface area contributed by atoms with Gasteiger partial charge in [0.15, 0.2) is 0 Å². The summed E-state index contributed by atoms with van der Waals surface area (Å²) in [6.07, 6.45) is 7.16. The van der Waals surface area contributed by atoms with Crippen molar-refractivity contribution >= 4 is 5.91 Å². The lowest BCUT2D eigenvalue weighted by Crippen LogP contribution is -2.29. The van der Waals surface area contributed by atoms with Crippen LogP contribution in [0.5, 0.6) is 0 Å². The van der Waals surface area contributed by atoms with E-state index in [1.165, 1.54) is 43.5 Å². The fourth-order valence-electron chi connectivity index (χ4n) is 3.54. The van der Waals surface area contributed by atoms with Crippen molar-refractivity contribution in [3.05, 3.63) is 71.3 Å². The number of likely N-dealkylation sites (tertiary alicyclic amines) is 1. The van der Waals surface area contributed by atoms with Crippen molar-refractivity contribution in [3.8, 4) is 0 Å². The van der Waals surface area contributed by atoms with Crippen LogP contribution in [0.3, 0.4) is 0 Å². The van der Waals surface area contributed by atoms with Crippen molar-refractivity contribution in [2.75, 3.05) is 19.6 Å². The first-order valence-electron chi connectivity index (χ1n) is 9.95. The van der Waals surface area contributed by atoms with Crippen LogP contribution < -0.4 is 5.32 Å². The maximum atomic E-state index is 12.3.